The van der Waals surface area contributed by atoms with Gasteiger partial charge in [0.25, 0.3) is 0 Å². The SMILES string of the molecule is CCCc1ccc(N(C)c2nc(Nc3ccc(C)cc3)ncc2C(F)(F)F)cc1. The van der Waals surface area contributed by atoms with Crippen LogP contribution in [0.2, 0.25) is 0 Å². The average molecular weight is 400 g/mol. The summed E-state index contributed by atoms with van der Waals surface area (Å²) in [6.45, 7) is 4.04. The minimum Gasteiger partial charge on any atom is -0.329 e. The number of alkyl halides is 3. The molecule has 1 N–H and O–H groups in total. The Morgan fingerprint density at radius 2 is 1.66 bits per heavy atom. The van der Waals surface area contributed by atoms with E-state index in [1.165, 1.54) is 4.90 Å². The summed E-state index contributed by atoms with van der Waals surface area (Å²) in [7, 11) is 1.57. The molecule has 7 heteroatoms. The molecule has 0 aliphatic rings. The van der Waals surface area contributed by atoms with Gasteiger partial charge in [-0.05, 0) is 43.2 Å². The van der Waals surface area contributed by atoms with E-state index < -0.39 is 11.7 Å². The fraction of sp³-hybridized carbons (Fsp3) is 0.273. The summed E-state index contributed by atoms with van der Waals surface area (Å²) >= 11 is 0. The van der Waals surface area contributed by atoms with Crippen LogP contribution in [0.5, 0.6) is 0 Å². The molecule has 3 rings (SSSR count). The van der Waals surface area contributed by atoms with E-state index in [4.69, 9.17) is 0 Å². The highest BCUT2D eigenvalue weighted by atomic mass is 19.4. The third-order valence-corrected chi connectivity index (χ3v) is 4.56. The lowest BCUT2D eigenvalue weighted by atomic mass is 10.1. The zero-order chi connectivity index (χ0) is 21.0. The van der Waals surface area contributed by atoms with Crippen molar-refractivity contribution in [2.45, 2.75) is 32.9 Å². The molecule has 0 amide bonds. The van der Waals surface area contributed by atoms with E-state index >= 15 is 0 Å². The zero-order valence-electron chi connectivity index (χ0n) is 16.6. The molecule has 0 unspecified atom stereocenters. The molecule has 2 aromatic carbocycles. The van der Waals surface area contributed by atoms with E-state index in [1.54, 1.807) is 19.2 Å². The molecule has 0 atom stereocenters. The number of benzene rings is 2. The molecular formula is C22H23F3N4. The Balaban J connectivity index is 1.96. The van der Waals surface area contributed by atoms with Crippen LogP contribution < -0.4 is 10.2 Å². The minimum atomic E-state index is -4.56. The van der Waals surface area contributed by atoms with Crippen molar-refractivity contribution in [2.24, 2.45) is 0 Å². The van der Waals surface area contributed by atoms with Crippen molar-refractivity contribution in [1.82, 2.24) is 9.97 Å². The van der Waals surface area contributed by atoms with Crippen LogP contribution in [-0.2, 0) is 12.6 Å². The van der Waals surface area contributed by atoms with Crippen molar-refractivity contribution in [1.29, 1.82) is 0 Å². The minimum absolute atomic E-state index is 0.103. The van der Waals surface area contributed by atoms with E-state index in [9.17, 15) is 13.2 Å². The lowest BCUT2D eigenvalue weighted by Crippen LogP contribution is -2.19. The number of halogens is 3. The summed E-state index contributed by atoms with van der Waals surface area (Å²) in [5.74, 6) is -0.100. The fourth-order valence-corrected chi connectivity index (χ4v) is 2.95. The summed E-state index contributed by atoms with van der Waals surface area (Å²) in [4.78, 5) is 9.48. The smallest absolute Gasteiger partial charge is 0.329 e. The van der Waals surface area contributed by atoms with Gasteiger partial charge in [-0.1, -0.05) is 43.2 Å². The lowest BCUT2D eigenvalue weighted by Gasteiger charge is -2.23. The van der Waals surface area contributed by atoms with E-state index in [1.807, 2.05) is 43.3 Å². The first kappa shape index (κ1) is 20.6. The number of nitrogens with one attached hydrogen (secondary N) is 1. The van der Waals surface area contributed by atoms with Crippen LogP contribution in [0.3, 0.4) is 0 Å². The van der Waals surface area contributed by atoms with Gasteiger partial charge in [0.2, 0.25) is 5.95 Å². The number of nitrogens with zero attached hydrogens (tertiary/aromatic N) is 3. The maximum absolute atomic E-state index is 13.6. The molecule has 0 aliphatic heterocycles. The third kappa shape index (κ3) is 5.04. The van der Waals surface area contributed by atoms with E-state index in [0.717, 1.165) is 30.2 Å². The lowest BCUT2D eigenvalue weighted by molar-refractivity contribution is -0.137. The Kier molecular flexibility index (Phi) is 6.06. The highest BCUT2D eigenvalue weighted by Gasteiger charge is 2.36. The first-order valence-corrected chi connectivity index (χ1v) is 9.38. The van der Waals surface area contributed by atoms with Crippen LogP contribution in [0.15, 0.2) is 54.7 Å². The molecule has 0 radical (unpaired) electrons. The van der Waals surface area contributed by atoms with Crippen LogP contribution in [0.1, 0.15) is 30.0 Å². The summed E-state index contributed by atoms with van der Waals surface area (Å²) in [5.41, 5.74) is 2.66. The van der Waals surface area contributed by atoms with Gasteiger partial charge in [0.1, 0.15) is 5.56 Å². The monoisotopic (exact) mass is 400 g/mol. The summed E-state index contributed by atoms with van der Waals surface area (Å²) in [5, 5.41) is 2.97. The zero-order valence-corrected chi connectivity index (χ0v) is 16.6. The predicted octanol–water partition coefficient (Wildman–Crippen LogP) is 6.27. The molecule has 4 nitrogen and oxygen atoms in total. The predicted molar refractivity (Wildman–Crippen MR) is 110 cm³/mol. The Labute approximate surface area is 168 Å². The second kappa shape index (κ2) is 8.51. The van der Waals surface area contributed by atoms with E-state index in [-0.39, 0.29) is 11.8 Å². The largest absolute Gasteiger partial charge is 0.421 e. The van der Waals surface area contributed by atoms with Gasteiger partial charge in [-0.3, -0.25) is 0 Å². The van der Waals surface area contributed by atoms with Gasteiger partial charge in [0, 0.05) is 24.6 Å². The maximum Gasteiger partial charge on any atom is 0.421 e. The van der Waals surface area contributed by atoms with Gasteiger partial charge < -0.3 is 10.2 Å². The number of anilines is 4. The van der Waals surface area contributed by atoms with Crippen molar-refractivity contribution in [3.05, 3.63) is 71.4 Å². The van der Waals surface area contributed by atoms with Gasteiger partial charge in [-0.2, -0.15) is 18.2 Å². The second-order valence-corrected chi connectivity index (χ2v) is 6.90. The maximum atomic E-state index is 13.6. The summed E-state index contributed by atoms with van der Waals surface area (Å²) < 4.78 is 40.7. The highest BCUT2D eigenvalue weighted by molar-refractivity contribution is 5.65. The van der Waals surface area contributed by atoms with Crippen molar-refractivity contribution in [2.75, 3.05) is 17.3 Å². The second-order valence-electron chi connectivity index (χ2n) is 6.90. The van der Waals surface area contributed by atoms with Crippen LogP contribution in [0.25, 0.3) is 0 Å². The Bertz CT molecular complexity index is 951. The van der Waals surface area contributed by atoms with Crippen LogP contribution in [0.4, 0.5) is 36.3 Å². The van der Waals surface area contributed by atoms with Crippen molar-refractivity contribution < 1.29 is 13.2 Å². The number of aryl methyl sites for hydroxylation is 2. The van der Waals surface area contributed by atoms with Gasteiger partial charge in [0.05, 0.1) is 0 Å². The first-order chi connectivity index (χ1) is 13.8. The van der Waals surface area contributed by atoms with Crippen molar-refractivity contribution in [3.8, 4) is 0 Å². The van der Waals surface area contributed by atoms with Gasteiger partial charge in [-0.15, -0.1) is 0 Å². The Morgan fingerprint density at radius 3 is 2.24 bits per heavy atom. The number of hydrogen-bond acceptors (Lipinski definition) is 4. The van der Waals surface area contributed by atoms with E-state index in [0.29, 0.717) is 11.4 Å². The molecule has 0 spiro atoms. The van der Waals surface area contributed by atoms with Crippen LogP contribution >= 0.6 is 0 Å². The topological polar surface area (TPSA) is 41.1 Å². The highest BCUT2D eigenvalue weighted by Crippen LogP contribution is 2.37. The first-order valence-electron chi connectivity index (χ1n) is 9.38. The van der Waals surface area contributed by atoms with Crippen molar-refractivity contribution >= 4 is 23.1 Å². The van der Waals surface area contributed by atoms with Gasteiger partial charge in [0.15, 0.2) is 5.82 Å². The molecule has 0 saturated heterocycles. The molecule has 0 bridgehead atoms. The Hall–Kier alpha value is -3.09. The van der Waals surface area contributed by atoms with Gasteiger partial charge in [-0.25, -0.2) is 4.98 Å². The van der Waals surface area contributed by atoms with Gasteiger partial charge >= 0.3 is 6.18 Å². The molecule has 152 valence electrons. The standard InChI is InChI=1S/C22H23F3N4/c1-4-5-16-8-12-18(13-9-16)29(3)20-19(22(23,24)25)14-26-21(28-20)27-17-10-6-15(2)7-11-17/h6-14H,4-5H2,1-3H3,(H,26,27,28). The van der Waals surface area contributed by atoms with Crippen molar-refractivity contribution in [3.63, 3.8) is 0 Å². The summed E-state index contributed by atoms with van der Waals surface area (Å²) in [6, 6.07) is 14.9. The molecule has 0 saturated carbocycles. The molecular weight excluding hydrogens is 377 g/mol. The molecule has 0 aliphatic carbocycles. The fourth-order valence-electron chi connectivity index (χ4n) is 2.95. The van der Waals surface area contributed by atoms with E-state index in [2.05, 4.69) is 22.2 Å². The number of aromatic nitrogens is 2. The number of rotatable bonds is 6. The molecule has 1 heterocycles. The molecule has 29 heavy (non-hydrogen) atoms. The molecule has 3 aromatic rings. The van der Waals surface area contributed by atoms with Crippen LogP contribution in [0, 0.1) is 6.92 Å². The molecule has 1 aromatic heterocycles. The Morgan fingerprint density at radius 1 is 1.00 bits per heavy atom. The number of hydrogen-bond donors (Lipinski definition) is 1. The normalized spacial score (nSPS) is 11.4. The van der Waals surface area contributed by atoms with Crippen LogP contribution in [-0.4, -0.2) is 17.0 Å². The summed E-state index contributed by atoms with van der Waals surface area (Å²) in [6.07, 6.45) is -1.81. The average Bonchev–Trinajstić information content (AvgIpc) is 2.69. The quantitative estimate of drug-likeness (QED) is 0.530. The third-order valence-electron chi connectivity index (χ3n) is 4.56. The molecule has 0 fully saturated rings.